The molecule has 3 rings (SSSR count). The van der Waals surface area contributed by atoms with Crippen molar-refractivity contribution in [1.82, 2.24) is 0 Å². The molecule has 0 fully saturated rings. The summed E-state index contributed by atoms with van der Waals surface area (Å²) in [5.41, 5.74) is 15.1. The molecule has 128 valence electrons. The van der Waals surface area contributed by atoms with Crippen LogP contribution in [-0.4, -0.2) is 0 Å². The predicted octanol–water partition coefficient (Wildman–Crippen LogP) is 6.85. The first-order valence-electron chi connectivity index (χ1n) is 9.07. The molecule has 0 spiro atoms. The van der Waals surface area contributed by atoms with E-state index in [1.54, 1.807) is 0 Å². The van der Waals surface area contributed by atoms with Gasteiger partial charge in [0.1, 0.15) is 0 Å². The maximum atomic E-state index is 6.82. The molecule has 0 aliphatic carbocycles. The average Bonchev–Trinajstić information content (AvgIpc) is 2.62. The molecule has 3 aromatic rings. The Morgan fingerprint density at radius 3 is 1.28 bits per heavy atom. The molecule has 0 radical (unpaired) electrons. The van der Waals surface area contributed by atoms with Gasteiger partial charge in [-0.3, -0.25) is 0 Å². The van der Waals surface area contributed by atoms with Gasteiger partial charge >= 0.3 is 0 Å². The van der Waals surface area contributed by atoms with E-state index in [0.717, 1.165) is 5.69 Å². The Kier molecular flexibility index (Phi) is 4.94. The van der Waals surface area contributed by atoms with Crippen molar-refractivity contribution in [3.8, 4) is 22.3 Å². The van der Waals surface area contributed by atoms with E-state index in [2.05, 4.69) is 94.4 Å². The Hall–Kier alpha value is -2.54. The van der Waals surface area contributed by atoms with Crippen LogP contribution in [0, 0.1) is 0 Å². The fraction of sp³-hybridized carbons (Fsp3) is 0.250. The summed E-state index contributed by atoms with van der Waals surface area (Å²) in [4.78, 5) is 0. The van der Waals surface area contributed by atoms with Gasteiger partial charge in [-0.05, 0) is 34.1 Å². The van der Waals surface area contributed by atoms with Crippen LogP contribution in [0.5, 0.6) is 0 Å². The summed E-state index contributed by atoms with van der Waals surface area (Å²) < 4.78 is 0. The second kappa shape index (κ2) is 7.14. The van der Waals surface area contributed by atoms with Crippen molar-refractivity contribution in [1.29, 1.82) is 0 Å². The molecule has 0 aliphatic rings. The van der Waals surface area contributed by atoms with Crippen LogP contribution >= 0.6 is 0 Å². The Bertz CT molecular complexity index is 777. The molecular formula is C24H27N. The van der Waals surface area contributed by atoms with E-state index in [1.807, 2.05) is 0 Å². The van der Waals surface area contributed by atoms with Crippen molar-refractivity contribution >= 4 is 5.69 Å². The summed E-state index contributed by atoms with van der Waals surface area (Å²) >= 11 is 0. The highest BCUT2D eigenvalue weighted by molar-refractivity contribution is 5.93. The summed E-state index contributed by atoms with van der Waals surface area (Å²) in [6, 6.07) is 23.4. The molecule has 0 aliphatic heterocycles. The van der Waals surface area contributed by atoms with Crippen LogP contribution in [0.3, 0.4) is 0 Å². The maximum Gasteiger partial charge on any atom is 0.0479 e. The zero-order valence-corrected chi connectivity index (χ0v) is 15.6. The van der Waals surface area contributed by atoms with Crippen molar-refractivity contribution in [3.05, 3.63) is 77.9 Å². The van der Waals surface area contributed by atoms with Crippen molar-refractivity contribution in [3.63, 3.8) is 0 Å². The van der Waals surface area contributed by atoms with Gasteiger partial charge < -0.3 is 5.73 Å². The number of benzene rings is 3. The quantitative estimate of drug-likeness (QED) is 0.520. The topological polar surface area (TPSA) is 26.0 Å². The summed E-state index contributed by atoms with van der Waals surface area (Å²) in [6.07, 6.45) is 0. The van der Waals surface area contributed by atoms with E-state index < -0.39 is 0 Å². The van der Waals surface area contributed by atoms with Gasteiger partial charge in [-0.25, -0.2) is 0 Å². The molecule has 0 bridgehead atoms. The molecule has 1 nitrogen and oxygen atoms in total. The van der Waals surface area contributed by atoms with Crippen molar-refractivity contribution in [2.75, 3.05) is 5.73 Å². The lowest BCUT2D eigenvalue weighted by atomic mass is 9.82. The fourth-order valence-electron chi connectivity index (χ4n) is 3.51. The smallest absolute Gasteiger partial charge is 0.0479 e. The van der Waals surface area contributed by atoms with Gasteiger partial charge in [-0.2, -0.15) is 0 Å². The number of nitrogens with two attached hydrogens (primary N) is 1. The summed E-state index contributed by atoms with van der Waals surface area (Å²) in [5, 5.41) is 0. The largest absolute Gasteiger partial charge is 0.398 e. The SMILES string of the molecule is CC(C)c1cc(C(C)C)c(-c2ccccc2)c(N)c1-c1ccccc1. The summed E-state index contributed by atoms with van der Waals surface area (Å²) in [5.74, 6) is 0.833. The van der Waals surface area contributed by atoms with Crippen LogP contribution in [0.1, 0.15) is 50.7 Å². The van der Waals surface area contributed by atoms with Crippen LogP contribution in [0.2, 0.25) is 0 Å². The third-order valence-corrected chi connectivity index (χ3v) is 4.80. The lowest BCUT2D eigenvalue weighted by molar-refractivity contribution is 0.838. The maximum absolute atomic E-state index is 6.82. The van der Waals surface area contributed by atoms with Crippen LogP contribution < -0.4 is 5.73 Å². The van der Waals surface area contributed by atoms with Gasteiger partial charge in [-0.15, -0.1) is 0 Å². The summed E-state index contributed by atoms with van der Waals surface area (Å²) in [7, 11) is 0. The van der Waals surface area contributed by atoms with Gasteiger partial charge in [-0.1, -0.05) is 94.4 Å². The van der Waals surface area contributed by atoms with Gasteiger partial charge in [0.05, 0.1) is 0 Å². The minimum atomic E-state index is 0.417. The molecule has 0 saturated heterocycles. The van der Waals surface area contributed by atoms with Crippen LogP contribution in [0.4, 0.5) is 5.69 Å². The van der Waals surface area contributed by atoms with E-state index in [0.29, 0.717) is 11.8 Å². The highest BCUT2D eigenvalue weighted by Gasteiger charge is 2.21. The molecule has 0 saturated carbocycles. The van der Waals surface area contributed by atoms with E-state index in [9.17, 15) is 0 Å². The number of hydrogen-bond acceptors (Lipinski definition) is 1. The highest BCUT2D eigenvalue weighted by Crippen LogP contribution is 2.44. The number of hydrogen-bond donors (Lipinski definition) is 1. The fourth-order valence-corrected chi connectivity index (χ4v) is 3.51. The van der Waals surface area contributed by atoms with Crippen molar-refractivity contribution < 1.29 is 0 Å². The Morgan fingerprint density at radius 1 is 0.600 bits per heavy atom. The van der Waals surface area contributed by atoms with Crippen LogP contribution in [-0.2, 0) is 0 Å². The first kappa shape index (κ1) is 17.3. The number of anilines is 1. The molecule has 0 amide bonds. The van der Waals surface area contributed by atoms with Crippen molar-refractivity contribution in [2.45, 2.75) is 39.5 Å². The van der Waals surface area contributed by atoms with E-state index in [4.69, 9.17) is 5.73 Å². The standard InChI is InChI=1S/C24H27N/c1-16(2)20-15-21(17(3)4)23(19-13-9-6-10-14-19)24(25)22(20)18-11-7-5-8-12-18/h5-17H,25H2,1-4H3. The van der Waals surface area contributed by atoms with Gasteiger partial charge in [0.2, 0.25) is 0 Å². The molecule has 0 aromatic heterocycles. The highest BCUT2D eigenvalue weighted by atomic mass is 14.6. The molecule has 0 unspecified atom stereocenters. The van der Waals surface area contributed by atoms with Crippen LogP contribution in [0.25, 0.3) is 22.3 Å². The Labute approximate surface area is 151 Å². The Balaban J connectivity index is 2.39. The first-order chi connectivity index (χ1) is 12.0. The molecular weight excluding hydrogens is 302 g/mol. The van der Waals surface area contributed by atoms with Gasteiger partial charge in [0.15, 0.2) is 0 Å². The molecule has 0 heterocycles. The van der Waals surface area contributed by atoms with E-state index in [-0.39, 0.29) is 0 Å². The number of rotatable bonds is 4. The zero-order valence-electron chi connectivity index (χ0n) is 15.6. The third kappa shape index (κ3) is 3.32. The minimum Gasteiger partial charge on any atom is -0.398 e. The second-order valence-corrected chi connectivity index (χ2v) is 7.26. The Morgan fingerprint density at radius 2 is 0.960 bits per heavy atom. The predicted molar refractivity (Wildman–Crippen MR) is 110 cm³/mol. The molecule has 0 atom stereocenters. The minimum absolute atomic E-state index is 0.417. The van der Waals surface area contributed by atoms with Crippen molar-refractivity contribution in [2.24, 2.45) is 0 Å². The molecule has 3 aromatic carbocycles. The lowest BCUT2D eigenvalue weighted by Crippen LogP contribution is -2.05. The molecule has 25 heavy (non-hydrogen) atoms. The molecule has 2 N–H and O–H groups in total. The first-order valence-corrected chi connectivity index (χ1v) is 9.07. The monoisotopic (exact) mass is 329 g/mol. The van der Waals surface area contributed by atoms with Crippen LogP contribution in [0.15, 0.2) is 66.7 Å². The normalized spacial score (nSPS) is 11.3. The molecule has 1 heteroatoms. The van der Waals surface area contributed by atoms with E-state index >= 15 is 0 Å². The van der Waals surface area contributed by atoms with Gasteiger partial charge in [0.25, 0.3) is 0 Å². The summed E-state index contributed by atoms with van der Waals surface area (Å²) in [6.45, 7) is 8.97. The average molecular weight is 329 g/mol. The van der Waals surface area contributed by atoms with Gasteiger partial charge in [0, 0.05) is 16.8 Å². The number of nitrogen functional groups attached to an aromatic ring is 1. The van der Waals surface area contributed by atoms with E-state index in [1.165, 1.54) is 33.4 Å². The second-order valence-electron chi connectivity index (χ2n) is 7.26. The lowest BCUT2D eigenvalue weighted by Gasteiger charge is -2.24. The zero-order chi connectivity index (χ0) is 18.0. The third-order valence-electron chi connectivity index (χ3n) is 4.80.